The maximum atomic E-state index is 13.3. The molecule has 0 radical (unpaired) electrons. The van der Waals surface area contributed by atoms with Crippen LogP contribution in [0, 0.1) is 20.8 Å². The summed E-state index contributed by atoms with van der Waals surface area (Å²) in [7, 11) is 0. The van der Waals surface area contributed by atoms with Crippen molar-refractivity contribution in [3.8, 4) is 28.4 Å². The first-order chi connectivity index (χ1) is 21.6. The average Bonchev–Trinajstić information content (AvgIpc) is 3.00. The number of nitrogens with two attached hydrogens (primary N) is 1. The van der Waals surface area contributed by atoms with Crippen LogP contribution in [-0.2, 0) is 17.4 Å². The van der Waals surface area contributed by atoms with Crippen molar-refractivity contribution in [2.75, 3.05) is 13.2 Å². The molecule has 1 aliphatic rings. The summed E-state index contributed by atoms with van der Waals surface area (Å²) in [6.45, 7) is 12.8. The molecule has 1 aliphatic heterocycles. The monoisotopic (exact) mass is 653 g/mol. The fourth-order valence-corrected chi connectivity index (χ4v) is 5.79. The van der Waals surface area contributed by atoms with E-state index in [9.17, 15) is 22.8 Å². The Morgan fingerprint density at radius 1 is 1.04 bits per heavy atom. The summed E-state index contributed by atoms with van der Waals surface area (Å²) >= 11 is 0.585. The van der Waals surface area contributed by atoms with Crippen LogP contribution in [0.4, 0.5) is 18.0 Å². The van der Waals surface area contributed by atoms with Crippen LogP contribution in [-0.4, -0.2) is 30.3 Å². The number of carbonyl (C=O) groups is 2. The Hall–Kier alpha value is -4.18. The van der Waals surface area contributed by atoms with Gasteiger partial charge in [-0.05, 0) is 130 Å². The molecule has 46 heavy (non-hydrogen) atoms. The van der Waals surface area contributed by atoms with E-state index in [1.807, 2.05) is 40.7 Å². The summed E-state index contributed by atoms with van der Waals surface area (Å²) in [4.78, 5) is 22.9. The van der Waals surface area contributed by atoms with Gasteiger partial charge in [-0.2, -0.15) is 13.2 Å². The molecule has 0 saturated heterocycles. The number of benzene rings is 3. The molecule has 3 aromatic carbocycles. The number of hydrogen-bond donors (Lipinski definition) is 1. The van der Waals surface area contributed by atoms with Crippen LogP contribution in [0.5, 0.6) is 17.2 Å². The smallest absolute Gasteiger partial charge is 0.416 e. The highest BCUT2D eigenvalue weighted by atomic mass is 32.2. The second-order valence-electron chi connectivity index (χ2n) is 11.9. The van der Waals surface area contributed by atoms with Crippen LogP contribution in [0.1, 0.15) is 60.6 Å². The van der Waals surface area contributed by atoms with Gasteiger partial charge in [0.15, 0.2) is 6.29 Å². The van der Waals surface area contributed by atoms with Gasteiger partial charge in [-0.25, -0.2) is 0 Å². The molecule has 0 aliphatic carbocycles. The van der Waals surface area contributed by atoms with Gasteiger partial charge in [0.1, 0.15) is 36.1 Å². The third-order valence-electron chi connectivity index (χ3n) is 7.99. The molecular formula is C36H38F3NO5S. The quantitative estimate of drug-likeness (QED) is 0.133. The van der Waals surface area contributed by atoms with E-state index >= 15 is 0 Å². The van der Waals surface area contributed by atoms with Gasteiger partial charge in [-0.15, -0.1) is 0 Å². The SMILES string of the molecule is CC(C)=CCOc1c(C)c(C)c2c(c1C)CCC(C)(COc1ccc(/C=C(/C=O)SC(N)=O)cc1-c1ccc(C(F)(F)F)cc1)O2. The van der Waals surface area contributed by atoms with Gasteiger partial charge in [0.2, 0.25) is 0 Å². The summed E-state index contributed by atoms with van der Waals surface area (Å²) in [6, 6.07) is 9.84. The maximum Gasteiger partial charge on any atom is 0.416 e. The van der Waals surface area contributed by atoms with Crippen LogP contribution in [0.25, 0.3) is 17.2 Å². The van der Waals surface area contributed by atoms with E-state index in [0.717, 1.165) is 52.3 Å². The van der Waals surface area contributed by atoms with Gasteiger partial charge in [0.05, 0.1) is 10.5 Å². The number of aldehydes is 1. The molecule has 0 fully saturated rings. The number of hydrogen-bond acceptors (Lipinski definition) is 6. The van der Waals surface area contributed by atoms with Crippen LogP contribution < -0.4 is 19.9 Å². The van der Waals surface area contributed by atoms with Crippen LogP contribution in [0.3, 0.4) is 0 Å². The van der Waals surface area contributed by atoms with Crippen molar-refractivity contribution < 1.29 is 37.0 Å². The number of allylic oxidation sites excluding steroid dienone is 2. The standard InChI is InChI=1S/C36H38F3NO5S/c1-21(2)14-16-43-32-22(3)23(4)33-29(24(32)5)13-15-35(6,45-33)20-44-31-12-7-25(17-28(19-41)46-34(40)42)18-30(31)26-8-10-27(11-9-26)36(37,38)39/h7-12,14,17-19H,13,15-16,20H2,1-6H3,(H2,40,42)/b28-17-. The van der Waals surface area contributed by atoms with Crippen LogP contribution in [0.2, 0.25) is 0 Å². The highest BCUT2D eigenvalue weighted by molar-refractivity contribution is 8.17. The number of halogens is 3. The second-order valence-corrected chi connectivity index (χ2v) is 12.9. The largest absolute Gasteiger partial charge is 0.489 e. The number of amides is 1. The first-order valence-corrected chi connectivity index (χ1v) is 15.6. The summed E-state index contributed by atoms with van der Waals surface area (Å²) in [6.07, 6.45) is 0.974. The maximum absolute atomic E-state index is 13.3. The van der Waals surface area contributed by atoms with Crippen molar-refractivity contribution in [3.05, 3.63) is 92.4 Å². The lowest BCUT2D eigenvalue weighted by Gasteiger charge is -2.38. The highest BCUT2D eigenvalue weighted by Gasteiger charge is 2.36. The summed E-state index contributed by atoms with van der Waals surface area (Å²) in [5.74, 6) is 2.12. The highest BCUT2D eigenvalue weighted by Crippen LogP contribution is 2.44. The molecule has 1 atom stereocenters. The number of rotatable bonds is 10. The molecule has 1 heterocycles. The van der Waals surface area contributed by atoms with Crippen molar-refractivity contribution in [1.82, 2.24) is 0 Å². The molecule has 0 aromatic heterocycles. The minimum absolute atomic E-state index is 0.0905. The Morgan fingerprint density at radius 3 is 2.35 bits per heavy atom. The molecular weight excluding hydrogens is 615 g/mol. The molecule has 244 valence electrons. The van der Waals surface area contributed by atoms with E-state index in [-0.39, 0.29) is 11.5 Å². The van der Waals surface area contributed by atoms with Crippen LogP contribution in [0.15, 0.2) is 59.0 Å². The van der Waals surface area contributed by atoms with E-state index in [2.05, 4.69) is 6.92 Å². The summed E-state index contributed by atoms with van der Waals surface area (Å²) in [5.41, 5.74) is 10.6. The molecule has 10 heteroatoms. The van der Waals surface area contributed by atoms with Crippen molar-refractivity contribution in [1.29, 1.82) is 0 Å². The lowest BCUT2D eigenvalue weighted by Crippen LogP contribution is -2.42. The van der Waals surface area contributed by atoms with Crippen molar-refractivity contribution in [2.24, 2.45) is 5.73 Å². The van der Waals surface area contributed by atoms with E-state index in [1.54, 1.807) is 18.2 Å². The number of carbonyl (C=O) groups excluding carboxylic acids is 2. The van der Waals surface area contributed by atoms with Crippen molar-refractivity contribution in [2.45, 2.75) is 66.2 Å². The first kappa shape index (κ1) is 34.7. The third kappa shape index (κ3) is 8.15. The average molecular weight is 654 g/mol. The van der Waals surface area contributed by atoms with E-state index in [0.29, 0.717) is 53.5 Å². The lowest BCUT2D eigenvalue weighted by atomic mass is 9.87. The Labute approximate surface area is 271 Å². The predicted octanol–water partition coefficient (Wildman–Crippen LogP) is 9.16. The van der Waals surface area contributed by atoms with E-state index in [4.69, 9.17) is 19.9 Å². The first-order valence-electron chi connectivity index (χ1n) is 14.8. The Balaban J connectivity index is 1.64. The molecule has 1 unspecified atom stereocenters. The number of ether oxygens (including phenoxy) is 3. The van der Waals surface area contributed by atoms with Gasteiger partial charge in [0.25, 0.3) is 5.24 Å². The molecule has 1 amide bonds. The Kier molecular flexibility index (Phi) is 10.6. The fourth-order valence-electron chi connectivity index (χ4n) is 5.32. The normalized spacial score (nSPS) is 16.2. The predicted molar refractivity (Wildman–Crippen MR) is 177 cm³/mol. The van der Waals surface area contributed by atoms with Crippen molar-refractivity contribution >= 4 is 29.4 Å². The molecule has 0 saturated carbocycles. The number of alkyl halides is 3. The molecule has 6 nitrogen and oxygen atoms in total. The summed E-state index contributed by atoms with van der Waals surface area (Å²) in [5, 5.41) is -0.739. The van der Waals surface area contributed by atoms with Crippen molar-refractivity contribution in [3.63, 3.8) is 0 Å². The topological polar surface area (TPSA) is 87.9 Å². The van der Waals surface area contributed by atoms with E-state index in [1.165, 1.54) is 23.8 Å². The second kappa shape index (κ2) is 14.1. The van der Waals surface area contributed by atoms with Gasteiger partial charge in [-0.3, -0.25) is 9.59 Å². The van der Waals surface area contributed by atoms with Gasteiger partial charge in [-0.1, -0.05) is 23.8 Å². The van der Waals surface area contributed by atoms with Crippen LogP contribution >= 0.6 is 11.8 Å². The zero-order chi connectivity index (χ0) is 33.8. The molecule has 4 rings (SSSR count). The van der Waals surface area contributed by atoms with Gasteiger partial charge < -0.3 is 19.9 Å². The number of thioether (sulfide) groups is 1. The van der Waals surface area contributed by atoms with E-state index < -0.39 is 22.6 Å². The Bertz CT molecular complexity index is 1690. The summed E-state index contributed by atoms with van der Waals surface area (Å²) < 4.78 is 59.0. The molecule has 0 spiro atoms. The molecule has 2 N–H and O–H groups in total. The third-order valence-corrected chi connectivity index (χ3v) is 8.64. The fraction of sp³-hybridized carbons (Fsp3) is 0.333. The minimum Gasteiger partial charge on any atom is -0.489 e. The number of fused-ring (bicyclic) bond motifs is 1. The van der Waals surface area contributed by atoms with Gasteiger partial charge in [0, 0.05) is 11.1 Å². The number of primary amides is 1. The lowest BCUT2D eigenvalue weighted by molar-refractivity contribution is -0.137. The minimum atomic E-state index is -4.48. The Morgan fingerprint density at radius 2 is 1.74 bits per heavy atom. The van der Waals surface area contributed by atoms with Gasteiger partial charge >= 0.3 is 6.18 Å². The molecule has 0 bridgehead atoms. The zero-order valence-corrected chi connectivity index (χ0v) is 27.6. The molecule has 3 aromatic rings. The zero-order valence-electron chi connectivity index (χ0n) is 26.8.